The number of hydrogen-bond acceptors (Lipinski definition) is 5. The second-order valence-electron chi connectivity index (χ2n) is 3.21. The Balaban J connectivity index is 2.41. The van der Waals surface area contributed by atoms with E-state index >= 15 is 0 Å². The van der Waals surface area contributed by atoms with Crippen molar-refractivity contribution in [2.75, 3.05) is 12.1 Å². The first kappa shape index (κ1) is 12.6. The van der Waals surface area contributed by atoms with Crippen LogP contribution in [0.4, 0.5) is 5.13 Å². The average molecular weight is 295 g/mol. The van der Waals surface area contributed by atoms with E-state index in [1.165, 1.54) is 17.4 Å². The summed E-state index contributed by atoms with van der Waals surface area (Å²) in [6, 6.07) is 3.07. The lowest BCUT2D eigenvalue weighted by molar-refractivity contribution is 0.302. The van der Waals surface area contributed by atoms with E-state index in [-0.39, 0.29) is 5.75 Å². The second kappa shape index (κ2) is 4.44. The normalized spacial score (nSPS) is 11.9. The van der Waals surface area contributed by atoms with E-state index in [9.17, 15) is 4.57 Å². The molecule has 0 bridgehead atoms. The van der Waals surface area contributed by atoms with Gasteiger partial charge in [0, 0.05) is 0 Å². The zero-order valence-electron chi connectivity index (χ0n) is 8.33. The third kappa shape index (κ3) is 2.88. The van der Waals surface area contributed by atoms with Gasteiger partial charge in [-0.2, -0.15) is 0 Å². The van der Waals surface area contributed by atoms with Gasteiger partial charge in [-0.1, -0.05) is 22.9 Å². The van der Waals surface area contributed by atoms with Crippen molar-refractivity contribution in [3.05, 3.63) is 17.2 Å². The number of ether oxygens (including phenoxy) is 1. The first-order valence-electron chi connectivity index (χ1n) is 4.39. The van der Waals surface area contributed by atoms with E-state index < -0.39 is 13.9 Å². The zero-order chi connectivity index (χ0) is 12.6. The number of nitrogen functional groups attached to an aromatic ring is 1. The molecule has 0 aliphatic carbocycles. The highest BCUT2D eigenvalue weighted by Crippen LogP contribution is 2.39. The molecule has 0 radical (unpaired) electrons. The summed E-state index contributed by atoms with van der Waals surface area (Å²) >= 11 is 7.13. The lowest BCUT2D eigenvalue weighted by Gasteiger charge is -2.07. The predicted octanol–water partition coefficient (Wildman–Crippen LogP) is 2.05. The fraction of sp³-hybridized carbons (Fsp3) is 0.125. The molecule has 0 atom stereocenters. The molecule has 0 unspecified atom stereocenters. The average Bonchev–Trinajstić information content (AvgIpc) is 2.58. The molecule has 1 aromatic carbocycles. The van der Waals surface area contributed by atoms with Gasteiger partial charge >= 0.3 is 7.60 Å². The molecule has 0 aliphatic rings. The molecular weight excluding hydrogens is 287 g/mol. The summed E-state index contributed by atoms with van der Waals surface area (Å²) in [5.41, 5.74) is 5.96. The Hall–Kier alpha value is -0.850. The predicted molar refractivity (Wildman–Crippen MR) is 66.6 cm³/mol. The molecule has 17 heavy (non-hydrogen) atoms. The molecule has 0 saturated heterocycles. The molecule has 0 fully saturated rings. The summed E-state index contributed by atoms with van der Waals surface area (Å²) in [7, 11) is -4.23. The number of halogens is 1. The Kier molecular flexibility index (Phi) is 3.29. The molecule has 1 heterocycles. The molecule has 2 aromatic rings. The van der Waals surface area contributed by atoms with Gasteiger partial charge in [-0.25, -0.2) is 4.98 Å². The minimum atomic E-state index is -4.23. The maximum absolute atomic E-state index is 10.7. The lowest BCUT2D eigenvalue weighted by atomic mass is 10.3. The monoisotopic (exact) mass is 294 g/mol. The standard InChI is InChI=1S/C8H8ClN2O4PS/c9-4-1-2-5(15-3-16(12,13)14)6-7(4)17-8(10)11-6/h1-2H,3H2,(H2,10,11)(H2,12,13,14). The molecule has 0 amide bonds. The Labute approximate surface area is 105 Å². The fourth-order valence-corrected chi connectivity index (χ4v) is 2.57. The van der Waals surface area contributed by atoms with Crippen molar-refractivity contribution in [2.24, 2.45) is 0 Å². The van der Waals surface area contributed by atoms with E-state index in [0.29, 0.717) is 20.4 Å². The van der Waals surface area contributed by atoms with Crippen LogP contribution in [0.25, 0.3) is 10.2 Å². The summed E-state index contributed by atoms with van der Waals surface area (Å²) in [6.07, 6.45) is -0.707. The van der Waals surface area contributed by atoms with Crippen molar-refractivity contribution < 1.29 is 19.1 Å². The van der Waals surface area contributed by atoms with E-state index in [4.69, 9.17) is 31.9 Å². The number of benzene rings is 1. The Bertz CT molecular complexity index is 611. The van der Waals surface area contributed by atoms with Gasteiger partial charge in [0.1, 0.15) is 11.3 Å². The van der Waals surface area contributed by atoms with Crippen LogP contribution in [0.2, 0.25) is 5.02 Å². The van der Waals surface area contributed by atoms with Gasteiger partial charge in [0.05, 0.1) is 9.72 Å². The Morgan fingerprint density at radius 2 is 2.24 bits per heavy atom. The first-order chi connectivity index (χ1) is 7.87. The largest absolute Gasteiger partial charge is 0.479 e. The van der Waals surface area contributed by atoms with Gasteiger partial charge in [0.2, 0.25) is 0 Å². The van der Waals surface area contributed by atoms with Crippen LogP contribution in [0.5, 0.6) is 5.75 Å². The first-order valence-corrected chi connectivity index (χ1v) is 7.38. The summed E-state index contributed by atoms with van der Waals surface area (Å²) in [5, 5.41) is 0.784. The van der Waals surface area contributed by atoms with Crippen molar-refractivity contribution in [3.63, 3.8) is 0 Å². The van der Waals surface area contributed by atoms with Crippen molar-refractivity contribution in [2.45, 2.75) is 0 Å². The number of nitrogens with zero attached hydrogens (tertiary/aromatic N) is 1. The van der Waals surface area contributed by atoms with Gasteiger partial charge in [-0.15, -0.1) is 0 Å². The van der Waals surface area contributed by atoms with Crippen molar-refractivity contribution in [1.29, 1.82) is 0 Å². The van der Waals surface area contributed by atoms with Crippen LogP contribution in [0.3, 0.4) is 0 Å². The summed E-state index contributed by atoms with van der Waals surface area (Å²) in [5.74, 6) is 0.251. The molecule has 1 aromatic heterocycles. The van der Waals surface area contributed by atoms with Gasteiger partial charge in [-0.3, -0.25) is 4.57 Å². The van der Waals surface area contributed by atoms with Gasteiger partial charge in [0.15, 0.2) is 11.5 Å². The summed E-state index contributed by atoms with van der Waals surface area (Å²) in [6.45, 7) is 0. The quantitative estimate of drug-likeness (QED) is 0.748. The van der Waals surface area contributed by atoms with Crippen LogP contribution in [0.1, 0.15) is 0 Å². The van der Waals surface area contributed by atoms with E-state index in [2.05, 4.69) is 4.98 Å². The maximum atomic E-state index is 10.7. The third-order valence-electron chi connectivity index (χ3n) is 1.86. The summed E-state index contributed by atoms with van der Waals surface area (Å²) in [4.78, 5) is 21.5. The molecule has 0 saturated carbocycles. The highest BCUT2D eigenvalue weighted by atomic mass is 35.5. The SMILES string of the molecule is Nc1nc2c(OCP(=O)(O)O)ccc(Cl)c2s1. The van der Waals surface area contributed by atoms with E-state index in [1.807, 2.05) is 0 Å². The van der Waals surface area contributed by atoms with Gasteiger partial charge in [0.25, 0.3) is 0 Å². The van der Waals surface area contributed by atoms with E-state index in [0.717, 1.165) is 0 Å². The number of aromatic nitrogens is 1. The fourth-order valence-electron chi connectivity index (χ4n) is 1.24. The van der Waals surface area contributed by atoms with Crippen LogP contribution in [-0.2, 0) is 4.57 Å². The maximum Gasteiger partial charge on any atom is 0.362 e. The van der Waals surface area contributed by atoms with Crippen molar-refractivity contribution in [3.8, 4) is 5.75 Å². The molecular formula is C8H8ClN2O4PS. The third-order valence-corrected chi connectivity index (χ3v) is 3.67. The van der Waals surface area contributed by atoms with Crippen LogP contribution in [0.15, 0.2) is 12.1 Å². The number of hydrogen-bond donors (Lipinski definition) is 3. The van der Waals surface area contributed by atoms with Crippen LogP contribution in [-0.4, -0.2) is 21.1 Å². The minimum absolute atomic E-state index is 0.251. The molecule has 92 valence electrons. The summed E-state index contributed by atoms with van der Waals surface area (Å²) < 4.78 is 16.4. The second-order valence-corrected chi connectivity index (χ2v) is 6.24. The zero-order valence-corrected chi connectivity index (χ0v) is 10.8. The topological polar surface area (TPSA) is 106 Å². The molecule has 2 rings (SSSR count). The molecule has 0 aliphatic heterocycles. The van der Waals surface area contributed by atoms with Crippen LogP contribution >= 0.6 is 30.5 Å². The lowest BCUT2D eigenvalue weighted by Crippen LogP contribution is -1.98. The van der Waals surface area contributed by atoms with Gasteiger partial charge < -0.3 is 20.3 Å². The smallest absolute Gasteiger partial charge is 0.362 e. The molecule has 6 nitrogen and oxygen atoms in total. The highest BCUT2D eigenvalue weighted by Gasteiger charge is 2.17. The van der Waals surface area contributed by atoms with Crippen molar-refractivity contribution >= 4 is 45.9 Å². The number of nitrogens with two attached hydrogens (primary N) is 1. The van der Waals surface area contributed by atoms with Crippen LogP contribution in [0, 0.1) is 0 Å². The Morgan fingerprint density at radius 3 is 2.88 bits per heavy atom. The highest BCUT2D eigenvalue weighted by molar-refractivity contribution is 7.51. The number of thiazole rings is 1. The van der Waals surface area contributed by atoms with E-state index in [1.54, 1.807) is 6.07 Å². The van der Waals surface area contributed by atoms with Crippen LogP contribution < -0.4 is 10.5 Å². The number of fused-ring (bicyclic) bond motifs is 1. The minimum Gasteiger partial charge on any atom is -0.479 e. The van der Waals surface area contributed by atoms with Crippen molar-refractivity contribution in [1.82, 2.24) is 4.98 Å². The molecule has 4 N–H and O–H groups in total. The Morgan fingerprint density at radius 1 is 1.53 bits per heavy atom. The van der Waals surface area contributed by atoms with Gasteiger partial charge in [-0.05, 0) is 12.1 Å². The number of rotatable bonds is 3. The molecule has 9 heteroatoms. The molecule has 0 spiro atoms. The number of anilines is 1.